The van der Waals surface area contributed by atoms with E-state index in [-0.39, 0.29) is 11.9 Å². The van der Waals surface area contributed by atoms with Crippen LogP contribution in [-0.4, -0.2) is 17.8 Å². The molecule has 4 nitrogen and oxygen atoms in total. The van der Waals surface area contributed by atoms with Crippen molar-refractivity contribution < 1.29 is 18.9 Å². The number of hydrogen-bond donors (Lipinski definition) is 0. The van der Waals surface area contributed by atoms with Gasteiger partial charge in [-0.15, -0.1) is 0 Å². The first-order valence-electron chi connectivity index (χ1n) is 8.78. The van der Waals surface area contributed by atoms with Crippen molar-refractivity contribution in [3.8, 4) is 0 Å². The van der Waals surface area contributed by atoms with E-state index >= 15 is 0 Å². The number of rotatable bonds is 7. The monoisotopic (exact) mass is 372 g/mol. The minimum atomic E-state index is -4.08. The summed E-state index contributed by atoms with van der Waals surface area (Å²) >= 11 is 0. The van der Waals surface area contributed by atoms with Gasteiger partial charge in [-0.05, 0) is 38.3 Å². The van der Waals surface area contributed by atoms with Crippen LogP contribution in [0.3, 0.4) is 0 Å². The number of carbonyl (C=O) groups is 2. The molecule has 1 unspecified atom stereocenters. The summed E-state index contributed by atoms with van der Waals surface area (Å²) in [7, 11) is -4.08. The predicted molar refractivity (Wildman–Crippen MR) is 105 cm³/mol. The van der Waals surface area contributed by atoms with Gasteiger partial charge in [0.15, 0.2) is 0 Å². The highest BCUT2D eigenvalue weighted by molar-refractivity contribution is 8.00. The largest absolute Gasteiger partial charge is 0.460 e. The lowest BCUT2D eigenvalue weighted by molar-refractivity contribution is 0.107. The van der Waals surface area contributed by atoms with Crippen LogP contribution in [0.15, 0.2) is 42.5 Å². The van der Waals surface area contributed by atoms with E-state index in [1.54, 1.807) is 44.2 Å². The Hall–Kier alpha value is -2.19. The zero-order valence-electron chi connectivity index (χ0n) is 15.7. The normalized spacial score (nSPS) is 13.1. The Morgan fingerprint density at radius 2 is 1.58 bits per heavy atom. The molecule has 0 radical (unpaired) electrons. The summed E-state index contributed by atoms with van der Waals surface area (Å²) in [4.78, 5) is 26.1. The molecular formula is C21H25O4P. The molecule has 0 heterocycles. The van der Waals surface area contributed by atoms with Gasteiger partial charge in [-0.3, -0.25) is 9.36 Å². The van der Waals surface area contributed by atoms with Gasteiger partial charge >= 0.3 is 5.71 Å². The number of aryl methyl sites for hydroxylation is 3. The maximum atomic E-state index is 13.8. The summed E-state index contributed by atoms with van der Waals surface area (Å²) in [5.41, 5.74) is 1.20. The molecule has 0 aliphatic heterocycles. The minimum Gasteiger partial charge on any atom is -0.460 e. The lowest BCUT2D eigenvalue weighted by Crippen LogP contribution is -2.22. The maximum absolute atomic E-state index is 13.8. The molecule has 0 saturated carbocycles. The van der Waals surface area contributed by atoms with E-state index < -0.39 is 18.4 Å². The van der Waals surface area contributed by atoms with Crippen molar-refractivity contribution in [2.75, 3.05) is 6.61 Å². The number of carbonyl (C=O) groups excluding carboxylic acids is 2. The summed E-state index contributed by atoms with van der Waals surface area (Å²) in [6.07, 6.45) is 1.50. The first-order valence-corrected chi connectivity index (χ1v) is 10.5. The average Bonchev–Trinajstić information content (AvgIpc) is 2.60. The SMILES string of the molecule is CCCCOC(=O)P(=O)(C(=O)c1c(C)cc(C)cc1C)c1ccccc1. The van der Waals surface area contributed by atoms with Crippen molar-refractivity contribution in [3.63, 3.8) is 0 Å². The van der Waals surface area contributed by atoms with E-state index in [9.17, 15) is 14.2 Å². The van der Waals surface area contributed by atoms with Crippen molar-refractivity contribution in [2.24, 2.45) is 0 Å². The second-order valence-electron chi connectivity index (χ2n) is 6.49. The molecule has 0 aliphatic carbocycles. The molecule has 26 heavy (non-hydrogen) atoms. The maximum Gasteiger partial charge on any atom is 0.376 e. The molecule has 2 rings (SSSR count). The van der Waals surface area contributed by atoms with E-state index in [0.717, 1.165) is 12.0 Å². The zero-order chi connectivity index (χ0) is 19.3. The van der Waals surface area contributed by atoms with E-state index in [0.29, 0.717) is 23.1 Å². The molecule has 2 aromatic rings. The van der Waals surface area contributed by atoms with Gasteiger partial charge in [-0.1, -0.05) is 61.4 Å². The summed E-state index contributed by atoms with van der Waals surface area (Å²) in [6.45, 7) is 7.65. The predicted octanol–water partition coefficient (Wildman–Crippen LogP) is 5.38. The summed E-state index contributed by atoms with van der Waals surface area (Å²) in [5, 5.41) is 0.214. The lowest BCUT2D eigenvalue weighted by Gasteiger charge is -2.19. The smallest absolute Gasteiger partial charge is 0.376 e. The van der Waals surface area contributed by atoms with Crippen molar-refractivity contribution in [3.05, 3.63) is 64.7 Å². The summed E-state index contributed by atoms with van der Waals surface area (Å²) in [5.74, 6) is 0. The fourth-order valence-electron chi connectivity index (χ4n) is 3.01. The second-order valence-corrected chi connectivity index (χ2v) is 9.00. The fraction of sp³-hybridized carbons (Fsp3) is 0.333. The second kappa shape index (κ2) is 8.46. The lowest BCUT2D eigenvalue weighted by atomic mass is 10.0. The molecule has 0 bridgehead atoms. The van der Waals surface area contributed by atoms with Crippen LogP contribution in [0, 0.1) is 20.8 Å². The Bertz CT molecular complexity index is 833. The van der Waals surface area contributed by atoms with Crippen molar-refractivity contribution in [1.82, 2.24) is 0 Å². The highest BCUT2D eigenvalue weighted by atomic mass is 31.2. The van der Waals surface area contributed by atoms with Gasteiger partial charge < -0.3 is 4.74 Å². The van der Waals surface area contributed by atoms with Crippen molar-refractivity contribution in [2.45, 2.75) is 40.5 Å². The highest BCUT2D eigenvalue weighted by Crippen LogP contribution is 2.50. The highest BCUT2D eigenvalue weighted by Gasteiger charge is 2.44. The molecule has 5 heteroatoms. The average molecular weight is 372 g/mol. The first kappa shape index (κ1) is 20.1. The van der Waals surface area contributed by atoms with Gasteiger partial charge in [0.2, 0.25) is 5.52 Å². The van der Waals surface area contributed by atoms with Crippen LogP contribution < -0.4 is 5.30 Å². The van der Waals surface area contributed by atoms with Crippen LogP contribution >= 0.6 is 7.14 Å². The molecule has 2 aromatic carbocycles. The van der Waals surface area contributed by atoms with Crippen LogP contribution in [0.2, 0.25) is 0 Å². The van der Waals surface area contributed by atoms with E-state index in [4.69, 9.17) is 4.74 Å². The van der Waals surface area contributed by atoms with Gasteiger partial charge in [0.1, 0.15) is 0 Å². The topological polar surface area (TPSA) is 60.4 Å². The van der Waals surface area contributed by atoms with Gasteiger partial charge in [0, 0.05) is 10.9 Å². The Morgan fingerprint density at radius 1 is 1.00 bits per heavy atom. The van der Waals surface area contributed by atoms with Crippen molar-refractivity contribution >= 4 is 23.7 Å². The molecular weight excluding hydrogens is 347 g/mol. The minimum absolute atomic E-state index is 0.158. The third-order valence-corrected chi connectivity index (χ3v) is 6.74. The Balaban J connectivity index is 2.56. The van der Waals surface area contributed by atoms with Gasteiger partial charge in [-0.2, -0.15) is 0 Å². The number of ether oxygens (including phenoxy) is 1. The molecule has 0 saturated heterocycles. The van der Waals surface area contributed by atoms with Crippen molar-refractivity contribution in [1.29, 1.82) is 0 Å². The van der Waals surface area contributed by atoms with E-state index in [1.165, 1.54) is 0 Å². The standard InChI is InChI=1S/C21H25O4P/c1-5-6-12-25-21(23)26(24,18-10-8-7-9-11-18)20(22)19-16(3)13-15(2)14-17(19)4/h7-11,13-14H,5-6,12H2,1-4H3. The third-order valence-electron chi connectivity index (χ3n) is 4.28. The number of benzene rings is 2. The van der Waals surface area contributed by atoms with E-state index in [2.05, 4.69) is 0 Å². The molecule has 0 fully saturated rings. The van der Waals surface area contributed by atoms with Crippen LogP contribution in [0.25, 0.3) is 0 Å². The quantitative estimate of drug-likeness (QED) is 0.484. The third kappa shape index (κ3) is 3.96. The zero-order valence-corrected chi connectivity index (χ0v) is 16.6. The molecule has 0 N–H and O–H groups in total. The molecule has 0 amide bonds. The van der Waals surface area contributed by atoms with Crippen LogP contribution in [0.4, 0.5) is 4.79 Å². The van der Waals surface area contributed by atoms with E-state index in [1.807, 2.05) is 26.0 Å². The van der Waals surface area contributed by atoms with Crippen LogP contribution in [0.5, 0.6) is 0 Å². The molecule has 1 atom stereocenters. The van der Waals surface area contributed by atoms with Gasteiger partial charge in [-0.25, -0.2) is 4.79 Å². The summed E-state index contributed by atoms with van der Waals surface area (Å²) < 4.78 is 19.0. The Kier molecular flexibility index (Phi) is 6.55. The fourth-order valence-corrected chi connectivity index (χ4v) is 5.16. The molecule has 0 aliphatic rings. The molecule has 138 valence electrons. The number of hydrogen-bond acceptors (Lipinski definition) is 4. The molecule has 0 spiro atoms. The summed E-state index contributed by atoms with van der Waals surface area (Å²) in [6, 6.07) is 11.9. The van der Waals surface area contributed by atoms with Crippen LogP contribution in [-0.2, 0) is 9.30 Å². The van der Waals surface area contributed by atoms with Gasteiger partial charge in [0.25, 0.3) is 7.14 Å². The van der Waals surface area contributed by atoms with Crippen LogP contribution in [0.1, 0.15) is 46.8 Å². The first-order chi connectivity index (χ1) is 12.3. The Morgan fingerprint density at radius 3 is 2.12 bits per heavy atom. The van der Waals surface area contributed by atoms with Gasteiger partial charge in [0.05, 0.1) is 6.61 Å². The number of unbranched alkanes of at least 4 members (excludes halogenated alkanes) is 1. The Labute approximate surface area is 154 Å². The molecule has 0 aromatic heterocycles.